The molecule has 0 aliphatic carbocycles. The van der Waals surface area contributed by atoms with E-state index in [1.165, 1.54) is 0 Å². The first kappa shape index (κ1) is 35.2. The number of anilines is 1. The van der Waals surface area contributed by atoms with Crippen molar-refractivity contribution in [3.63, 3.8) is 0 Å². The minimum Gasteiger partial charge on any atom is -0.497 e. The lowest BCUT2D eigenvalue weighted by atomic mass is 9.81. The summed E-state index contributed by atoms with van der Waals surface area (Å²) in [5.74, 6) is 1.51. The van der Waals surface area contributed by atoms with Crippen LogP contribution in [0.5, 0.6) is 11.5 Å². The Hall–Kier alpha value is -3.15. The average molecular weight is 667 g/mol. The molecule has 2 aliphatic heterocycles. The van der Waals surface area contributed by atoms with Crippen molar-refractivity contribution in [1.82, 2.24) is 4.31 Å². The SMILES string of the molecule is COCCCN1CCOc2ccc(CO[C@H]3CN(S(=O)(=O)c4ccc(C)cc4)[C@@H](C[C@H](O)C(C)C)C[C@@H]3c3ccc(OC)cc3)cc21. The van der Waals surface area contributed by atoms with Crippen molar-refractivity contribution in [3.05, 3.63) is 83.4 Å². The van der Waals surface area contributed by atoms with Crippen LogP contribution >= 0.6 is 0 Å². The van der Waals surface area contributed by atoms with E-state index in [1.807, 2.05) is 69.3 Å². The third-order valence-corrected chi connectivity index (χ3v) is 11.4. The highest BCUT2D eigenvalue weighted by Gasteiger charge is 2.43. The Balaban J connectivity index is 1.46. The van der Waals surface area contributed by atoms with Crippen molar-refractivity contribution in [2.45, 2.75) is 75.7 Å². The average Bonchev–Trinajstić information content (AvgIpc) is 3.07. The van der Waals surface area contributed by atoms with Crippen molar-refractivity contribution in [2.24, 2.45) is 5.92 Å². The van der Waals surface area contributed by atoms with E-state index in [0.717, 1.165) is 53.4 Å². The third-order valence-electron chi connectivity index (χ3n) is 9.42. The van der Waals surface area contributed by atoms with Gasteiger partial charge in [-0.15, -0.1) is 0 Å². The lowest BCUT2D eigenvalue weighted by Crippen LogP contribution is -2.53. The monoisotopic (exact) mass is 666 g/mol. The van der Waals surface area contributed by atoms with Gasteiger partial charge in [0.1, 0.15) is 18.1 Å². The van der Waals surface area contributed by atoms with Crippen LogP contribution in [0.25, 0.3) is 0 Å². The fraction of sp³-hybridized carbons (Fsp3) is 0.514. The normalized spacial score (nSPS) is 20.9. The number of benzene rings is 3. The number of fused-ring (bicyclic) bond motifs is 1. The summed E-state index contributed by atoms with van der Waals surface area (Å²) in [6.45, 7) is 9.34. The number of aliphatic hydroxyl groups is 1. The first-order valence-corrected chi connectivity index (χ1v) is 18.1. The zero-order valence-electron chi connectivity index (χ0n) is 28.3. The molecule has 2 heterocycles. The summed E-state index contributed by atoms with van der Waals surface area (Å²) in [6, 6.07) is 20.6. The second-order valence-electron chi connectivity index (χ2n) is 13.0. The van der Waals surface area contributed by atoms with Crippen LogP contribution < -0.4 is 14.4 Å². The molecule has 0 bridgehead atoms. The van der Waals surface area contributed by atoms with Crippen LogP contribution in [0.1, 0.15) is 55.7 Å². The highest BCUT2D eigenvalue weighted by molar-refractivity contribution is 7.89. The van der Waals surface area contributed by atoms with Crippen LogP contribution in [0.2, 0.25) is 0 Å². The molecule has 0 aromatic heterocycles. The molecule has 0 spiro atoms. The van der Waals surface area contributed by atoms with Gasteiger partial charge in [-0.05, 0) is 79.6 Å². The van der Waals surface area contributed by atoms with Crippen molar-refractivity contribution in [2.75, 3.05) is 52.0 Å². The molecular formula is C37H50N2O7S. The quantitative estimate of drug-likeness (QED) is 0.217. The molecule has 0 unspecified atom stereocenters. The Labute approximate surface area is 280 Å². The van der Waals surface area contributed by atoms with Gasteiger partial charge in [-0.1, -0.05) is 49.7 Å². The van der Waals surface area contributed by atoms with Gasteiger partial charge < -0.3 is 29.0 Å². The summed E-state index contributed by atoms with van der Waals surface area (Å²) in [5, 5.41) is 11.0. The Morgan fingerprint density at radius 2 is 1.77 bits per heavy atom. The first-order valence-electron chi connectivity index (χ1n) is 16.6. The molecule has 2 aliphatic rings. The van der Waals surface area contributed by atoms with E-state index in [-0.39, 0.29) is 23.3 Å². The number of nitrogens with zero attached hydrogens (tertiary/aromatic N) is 2. The fourth-order valence-electron chi connectivity index (χ4n) is 6.53. The van der Waals surface area contributed by atoms with Gasteiger partial charge >= 0.3 is 0 Å². The fourth-order valence-corrected chi connectivity index (χ4v) is 8.19. The van der Waals surface area contributed by atoms with Gasteiger partial charge in [-0.25, -0.2) is 8.42 Å². The highest BCUT2D eigenvalue weighted by atomic mass is 32.2. The van der Waals surface area contributed by atoms with E-state index in [4.69, 9.17) is 18.9 Å². The van der Waals surface area contributed by atoms with Gasteiger partial charge in [0.2, 0.25) is 10.0 Å². The highest BCUT2D eigenvalue weighted by Crippen LogP contribution is 2.40. The number of rotatable bonds is 14. The maximum atomic E-state index is 14.3. The molecule has 4 atom stereocenters. The first-order chi connectivity index (χ1) is 22.6. The molecule has 0 amide bonds. The number of hydrogen-bond acceptors (Lipinski definition) is 8. The summed E-state index contributed by atoms with van der Waals surface area (Å²) >= 11 is 0. The zero-order chi connectivity index (χ0) is 33.6. The van der Waals surface area contributed by atoms with Crippen molar-refractivity contribution in [3.8, 4) is 11.5 Å². The molecule has 0 saturated carbocycles. The third kappa shape index (κ3) is 8.48. The second-order valence-corrected chi connectivity index (χ2v) is 14.9. The number of hydrogen-bond donors (Lipinski definition) is 1. The van der Waals surface area contributed by atoms with Gasteiger partial charge in [0, 0.05) is 38.8 Å². The summed E-state index contributed by atoms with van der Waals surface area (Å²) in [7, 11) is -0.516. The molecule has 9 nitrogen and oxygen atoms in total. The van der Waals surface area contributed by atoms with Crippen LogP contribution in [0, 0.1) is 12.8 Å². The molecule has 1 fully saturated rings. The van der Waals surface area contributed by atoms with E-state index in [0.29, 0.717) is 32.7 Å². The Morgan fingerprint density at radius 3 is 2.45 bits per heavy atom. The van der Waals surface area contributed by atoms with Gasteiger partial charge in [0.25, 0.3) is 0 Å². The zero-order valence-corrected chi connectivity index (χ0v) is 29.1. The molecule has 5 rings (SSSR count). The summed E-state index contributed by atoms with van der Waals surface area (Å²) in [6.07, 6.45) is 0.693. The minimum absolute atomic E-state index is 0.00519. The Morgan fingerprint density at radius 1 is 1.02 bits per heavy atom. The van der Waals surface area contributed by atoms with E-state index in [1.54, 1.807) is 30.7 Å². The smallest absolute Gasteiger partial charge is 0.243 e. The topological polar surface area (TPSA) is 97.8 Å². The van der Waals surface area contributed by atoms with E-state index < -0.39 is 28.3 Å². The van der Waals surface area contributed by atoms with E-state index in [9.17, 15) is 13.5 Å². The number of methoxy groups -OCH3 is 2. The van der Waals surface area contributed by atoms with Crippen LogP contribution in [0.4, 0.5) is 5.69 Å². The predicted octanol–water partition coefficient (Wildman–Crippen LogP) is 5.78. The van der Waals surface area contributed by atoms with Crippen LogP contribution in [0.15, 0.2) is 71.6 Å². The number of ether oxygens (including phenoxy) is 4. The van der Waals surface area contributed by atoms with E-state index >= 15 is 0 Å². The number of aryl methyl sites for hydroxylation is 1. The molecule has 3 aromatic carbocycles. The number of aliphatic hydroxyl groups excluding tert-OH is 1. The Kier molecular flexibility index (Phi) is 11.8. The molecular weight excluding hydrogens is 616 g/mol. The van der Waals surface area contributed by atoms with Gasteiger partial charge in [-0.3, -0.25) is 0 Å². The van der Waals surface area contributed by atoms with Gasteiger partial charge in [-0.2, -0.15) is 4.31 Å². The molecule has 256 valence electrons. The van der Waals surface area contributed by atoms with Gasteiger partial charge in [0.05, 0.1) is 43.1 Å². The lowest BCUT2D eigenvalue weighted by molar-refractivity contribution is -0.0285. The standard InChI is InChI=1S/C37H50N2O7S/c1-26(2)35(40)23-30-22-33(29-10-12-31(44-5)13-11-29)37(24-39(30)47(41,42)32-14-7-27(3)8-15-32)46-25-28-9-16-36-34(21-28)38(18-20-45-36)17-6-19-43-4/h7-16,21,26,30,33,35,37,40H,6,17-20,22-25H2,1-5H3/t30-,33-,35+,37+/m1/s1. The molecule has 3 aromatic rings. The summed E-state index contributed by atoms with van der Waals surface area (Å²) < 4.78 is 53.4. The summed E-state index contributed by atoms with van der Waals surface area (Å²) in [4.78, 5) is 2.57. The van der Waals surface area contributed by atoms with Crippen molar-refractivity contribution in [1.29, 1.82) is 0 Å². The van der Waals surface area contributed by atoms with Crippen LogP contribution in [0.3, 0.4) is 0 Å². The maximum Gasteiger partial charge on any atom is 0.243 e. The molecule has 10 heteroatoms. The second kappa shape index (κ2) is 15.8. The molecule has 1 N–H and O–H groups in total. The number of piperidine rings is 1. The Bertz CT molecular complexity index is 1550. The van der Waals surface area contributed by atoms with Crippen LogP contribution in [-0.4, -0.2) is 83.1 Å². The van der Waals surface area contributed by atoms with Crippen LogP contribution in [-0.2, 0) is 26.1 Å². The van der Waals surface area contributed by atoms with Crippen molar-refractivity contribution < 1.29 is 32.5 Å². The lowest BCUT2D eigenvalue weighted by Gasteiger charge is -2.44. The summed E-state index contributed by atoms with van der Waals surface area (Å²) in [5.41, 5.74) is 4.07. The van der Waals surface area contributed by atoms with Gasteiger partial charge in [0.15, 0.2) is 0 Å². The molecule has 1 saturated heterocycles. The minimum atomic E-state index is -3.87. The van der Waals surface area contributed by atoms with E-state index in [2.05, 4.69) is 11.0 Å². The number of sulfonamides is 1. The maximum absolute atomic E-state index is 14.3. The van der Waals surface area contributed by atoms with Crippen molar-refractivity contribution >= 4 is 15.7 Å². The largest absolute Gasteiger partial charge is 0.497 e. The predicted molar refractivity (Wildman–Crippen MR) is 184 cm³/mol. The molecule has 47 heavy (non-hydrogen) atoms. The molecule has 0 radical (unpaired) electrons.